The Kier molecular flexibility index (Phi) is 6.94. The lowest BCUT2D eigenvalue weighted by Gasteiger charge is -2.21. The third-order valence-corrected chi connectivity index (χ3v) is 8.79. The second-order valence-electron chi connectivity index (χ2n) is 10.4. The Morgan fingerprint density at radius 2 is 1.77 bits per heavy atom. The lowest BCUT2D eigenvalue weighted by Crippen LogP contribution is -2.25. The molecule has 1 amide bonds. The van der Waals surface area contributed by atoms with Gasteiger partial charge in [-0.25, -0.2) is 8.42 Å². The summed E-state index contributed by atoms with van der Waals surface area (Å²) in [6.07, 6.45) is 2.74. The molecule has 9 nitrogen and oxygen atoms in total. The van der Waals surface area contributed by atoms with E-state index in [1.807, 2.05) is 67.6 Å². The van der Waals surface area contributed by atoms with Gasteiger partial charge in [0, 0.05) is 53.1 Å². The molecule has 0 saturated carbocycles. The van der Waals surface area contributed by atoms with Crippen molar-refractivity contribution in [2.45, 2.75) is 6.92 Å². The van der Waals surface area contributed by atoms with Crippen molar-refractivity contribution in [1.29, 1.82) is 0 Å². The molecule has 0 aliphatic heterocycles. The summed E-state index contributed by atoms with van der Waals surface area (Å²) in [4.78, 5) is 21.4. The summed E-state index contributed by atoms with van der Waals surface area (Å²) < 4.78 is 38.7. The topological polar surface area (TPSA) is 118 Å². The van der Waals surface area contributed by atoms with Crippen LogP contribution < -0.4 is 14.4 Å². The molecule has 3 aromatic carbocycles. The summed E-state index contributed by atoms with van der Waals surface area (Å²) in [7, 11) is 0.938. The SMILES string of the molecule is CNC(=O)c1c(-c2ccc(C)cc2)oc2cc(N(C)S(C)(=O)=O)c(-c3cc(-c4cc5ccccc5[nH]4)c(OC)cn3)cc12. The largest absolute Gasteiger partial charge is 0.494 e. The maximum atomic E-state index is 13.3. The summed E-state index contributed by atoms with van der Waals surface area (Å²) in [5, 5.41) is 4.28. The molecule has 3 aromatic heterocycles. The molecular formula is C33H30N4O5S. The van der Waals surface area contributed by atoms with Crippen LogP contribution >= 0.6 is 0 Å². The number of pyridine rings is 1. The Morgan fingerprint density at radius 3 is 2.44 bits per heavy atom. The molecule has 0 atom stereocenters. The normalized spacial score (nSPS) is 11.7. The third-order valence-electron chi connectivity index (χ3n) is 7.59. The van der Waals surface area contributed by atoms with Crippen molar-refractivity contribution in [1.82, 2.24) is 15.3 Å². The van der Waals surface area contributed by atoms with Crippen molar-refractivity contribution < 1.29 is 22.4 Å². The van der Waals surface area contributed by atoms with Crippen LogP contribution in [-0.4, -0.2) is 51.8 Å². The number of aromatic nitrogens is 2. The fraction of sp³-hybridized carbons (Fsp3) is 0.152. The van der Waals surface area contributed by atoms with E-state index in [1.165, 1.54) is 11.4 Å². The molecule has 43 heavy (non-hydrogen) atoms. The zero-order valence-corrected chi connectivity index (χ0v) is 25.2. The number of para-hydroxylation sites is 1. The average molecular weight is 595 g/mol. The van der Waals surface area contributed by atoms with Crippen LogP contribution in [0.2, 0.25) is 0 Å². The highest BCUT2D eigenvalue weighted by Gasteiger charge is 2.26. The molecule has 2 N–H and O–H groups in total. The maximum absolute atomic E-state index is 13.3. The number of nitrogens with zero attached hydrogens (tertiary/aromatic N) is 2. The number of methoxy groups -OCH3 is 1. The van der Waals surface area contributed by atoms with Crippen LogP contribution in [0.5, 0.6) is 5.75 Å². The Bertz CT molecular complexity index is 2100. The molecule has 0 aliphatic rings. The Hall–Kier alpha value is -5.09. The number of rotatable bonds is 7. The molecule has 0 saturated heterocycles. The summed E-state index contributed by atoms with van der Waals surface area (Å²) in [6.45, 7) is 1.98. The summed E-state index contributed by atoms with van der Waals surface area (Å²) >= 11 is 0. The number of ether oxygens (including phenoxy) is 1. The molecule has 0 spiro atoms. The highest BCUT2D eigenvalue weighted by Crippen LogP contribution is 2.42. The fourth-order valence-corrected chi connectivity index (χ4v) is 5.73. The number of carbonyl (C=O) groups excluding carboxylic acids is 1. The molecular weight excluding hydrogens is 564 g/mol. The van der Waals surface area contributed by atoms with E-state index in [1.54, 1.807) is 32.5 Å². The highest BCUT2D eigenvalue weighted by molar-refractivity contribution is 7.92. The van der Waals surface area contributed by atoms with Gasteiger partial charge in [0.25, 0.3) is 5.91 Å². The molecule has 3 heterocycles. The Balaban J connectivity index is 1.64. The smallest absolute Gasteiger partial charge is 0.255 e. The number of hydrogen-bond donors (Lipinski definition) is 2. The number of aromatic amines is 1. The minimum absolute atomic E-state index is 0.328. The van der Waals surface area contributed by atoms with Gasteiger partial charge in [-0.2, -0.15) is 0 Å². The Labute approximate surface area is 249 Å². The van der Waals surface area contributed by atoms with Crippen molar-refractivity contribution in [2.24, 2.45) is 0 Å². The summed E-state index contributed by atoms with van der Waals surface area (Å²) in [6, 6.07) is 22.9. The lowest BCUT2D eigenvalue weighted by atomic mass is 9.99. The van der Waals surface area contributed by atoms with Crippen molar-refractivity contribution in [2.75, 3.05) is 31.8 Å². The van der Waals surface area contributed by atoms with Crippen LogP contribution in [-0.2, 0) is 10.0 Å². The van der Waals surface area contributed by atoms with Gasteiger partial charge >= 0.3 is 0 Å². The molecule has 10 heteroatoms. The first-order valence-electron chi connectivity index (χ1n) is 13.5. The first kappa shape index (κ1) is 28.0. The predicted molar refractivity (Wildman–Crippen MR) is 170 cm³/mol. The van der Waals surface area contributed by atoms with Gasteiger partial charge in [-0.1, -0.05) is 48.0 Å². The van der Waals surface area contributed by atoms with Gasteiger partial charge in [-0.3, -0.25) is 14.1 Å². The number of amides is 1. The molecule has 6 rings (SSSR count). The number of fused-ring (bicyclic) bond motifs is 2. The van der Waals surface area contributed by atoms with E-state index in [-0.39, 0.29) is 5.91 Å². The standard InChI is InChI=1S/C33H30N4O5S/c1-19-10-12-20(13-11-19)32-31(33(38)34-2)24-15-22(28(17-29(24)42-32)37(3)43(5,39)40)26-16-23(30(41-4)18-35-26)27-14-21-8-6-7-9-25(21)36-27/h6-18,36H,1-5H3,(H,34,38). The van der Waals surface area contributed by atoms with E-state index >= 15 is 0 Å². The second-order valence-corrected chi connectivity index (χ2v) is 12.4. The molecule has 218 valence electrons. The van der Waals surface area contributed by atoms with Crippen LogP contribution in [0.4, 0.5) is 5.69 Å². The number of H-pyrrole nitrogens is 1. The molecule has 0 aliphatic carbocycles. The second kappa shape index (κ2) is 10.6. The number of carbonyl (C=O) groups is 1. The lowest BCUT2D eigenvalue weighted by molar-refractivity contribution is 0.0964. The van der Waals surface area contributed by atoms with Gasteiger partial charge in [-0.15, -0.1) is 0 Å². The predicted octanol–water partition coefficient (Wildman–Crippen LogP) is 6.38. The number of benzene rings is 3. The van der Waals surface area contributed by atoms with Crippen LogP contribution in [0.3, 0.4) is 0 Å². The van der Waals surface area contributed by atoms with Gasteiger partial charge in [0.1, 0.15) is 17.1 Å². The van der Waals surface area contributed by atoms with Gasteiger partial charge in [0.2, 0.25) is 10.0 Å². The third kappa shape index (κ3) is 4.99. The zero-order chi connectivity index (χ0) is 30.5. The number of hydrogen-bond acceptors (Lipinski definition) is 6. The van der Waals surface area contributed by atoms with Crippen LogP contribution in [0.25, 0.3) is 55.7 Å². The first-order valence-corrected chi connectivity index (χ1v) is 15.4. The molecule has 0 unspecified atom stereocenters. The Morgan fingerprint density at radius 1 is 1.02 bits per heavy atom. The fourth-order valence-electron chi connectivity index (χ4n) is 5.22. The minimum atomic E-state index is -3.67. The molecule has 6 aromatic rings. The summed E-state index contributed by atoms with van der Waals surface area (Å²) in [5.41, 5.74) is 6.38. The zero-order valence-electron chi connectivity index (χ0n) is 24.3. The van der Waals surface area contributed by atoms with Gasteiger partial charge in [-0.05, 0) is 31.2 Å². The molecule has 0 fully saturated rings. The van der Waals surface area contributed by atoms with Crippen LogP contribution in [0.15, 0.2) is 83.4 Å². The highest BCUT2D eigenvalue weighted by atomic mass is 32.2. The maximum Gasteiger partial charge on any atom is 0.255 e. The van der Waals surface area contributed by atoms with Crippen molar-refractivity contribution in [3.8, 4) is 39.6 Å². The van der Waals surface area contributed by atoms with Crippen LogP contribution in [0, 0.1) is 6.92 Å². The van der Waals surface area contributed by atoms with E-state index in [0.29, 0.717) is 45.0 Å². The van der Waals surface area contributed by atoms with E-state index in [9.17, 15) is 13.2 Å². The number of aryl methyl sites for hydroxylation is 1. The van der Waals surface area contributed by atoms with E-state index in [2.05, 4.69) is 15.3 Å². The quantitative estimate of drug-likeness (QED) is 0.221. The first-order chi connectivity index (χ1) is 20.6. The van der Waals surface area contributed by atoms with Gasteiger partial charge < -0.3 is 19.5 Å². The van der Waals surface area contributed by atoms with E-state index < -0.39 is 10.0 Å². The van der Waals surface area contributed by atoms with Gasteiger partial charge in [0.15, 0.2) is 0 Å². The van der Waals surface area contributed by atoms with Crippen molar-refractivity contribution >= 4 is 43.5 Å². The van der Waals surface area contributed by atoms with Crippen molar-refractivity contribution in [3.63, 3.8) is 0 Å². The van der Waals surface area contributed by atoms with Crippen molar-refractivity contribution in [3.05, 3.63) is 90.1 Å². The average Bonchev–Trinajstić information content (AvgIpc) is 3.61. The van der Waals surface area contributed by atoms with Crippen LogP contribution in [0.1, 0.15) is 15.9 Å². The van der Waals surface area contributed by atoms with E-state index in [4.69, 9.17) is 9.15 Å². The molecule has 0 bridgehead atoms. The number of anilines is 1. The van der Waals surface area contributed by atoms with Gasteiger partial charge in [0.05, 0.1) is 42.2 Å². The number of sulfonamides is 1. The monoisotopic (exact) mass is 594 g/mol. The summed E-state index contributed by atoms with van der Waals surface area (Å²) in [5.74, 6) is 0.609. The minimum Gasteiger partial charge on any atom is -0.494 e. The van der Waals surface area contributed by atoms with E-state index in [0.717, 1.165) is 39.5 Å². The number of furan rings is 1. The molecule has 0 radical (unpaired) electrons. The number of nitrogens with one attached hydrogen (secondary N) is 2.